The third-order valence-electron chi connectivity index (χ3n) is 2.67. The van der Waals surface area contributed by atoms with Gasteiger partial charge in [0.05, 0.1) is 12.2 Å². The average Bonchev–Trinajstić information content (AvgIpc) is 2.81. The van der Waals surface area contributed by atoms with E-state index in [0.29, 0.717) is 18.7 Å². The molecule has 1 amide bonds. The van der Waals surface area contributed by atoms with Gasteiger partial charge in [0.2, 0.25) is 0 Å². The highest BCUT2D eigenvalue weighted by atomic mass is 32.1. The van der Waals surface area contributed by atoms with Crippen molar-refractivity contribution in [2.75, 3.05) is 0 Å². The first-order valence-corrected chi connectivity index (χ1v) is 6.55. The summed E-state index contributed by atoms with van der Waals surface area (Å²) in [5.74, 6) is -0.0973. The second-order valence-electron chi connectivity index (χ2n) is 3.95. The molecule has 0 aromatic carbocycles. The standard InChI is InChI=1S/C13H15N3OS/c1-9-3-5-18-12(9)8-16-13(17)10-2-4-15-11(6-10)7-14/h2-6H,7-8,14H2,1H3,(H,16,17). The summed E-state index contributed by atoms with van der Waals surface area (Å²) >= 11 is 1.65. The summed E-state index contributed by atoms with van der Waals surface area (Å²) in [6.45, 7) is 2.94. The van der Waals surface area contributed by atoms with Crippen LogP contribution >= 0.6 is 11.3 Å². The Labute approximate surface area is 110 Å². The van der Waals surface area contributed by atoms with Crippen LogP contribution in [0.2, 0.25) is 0 Å². The molecule has 18 heavy (non-hydrogen) atoms. The molecule has 94 valence electrons. The van der Waals surface area contributed by atoms with Gasteiger partial charge >= 0.3 is 0 Å². The van der Waals surface area contributed by atoms with E-state index in [4.69, 9.17) is 5.73 Å². The van der Waals surface area contributed by atoms with Crippen LogP contribution in [0.4, 0.5) is 0 Å². The second kappa shape index (κ2) is 5.75. The molecule has 5 heteroatoms. The molecule has 4 nitrogen and oxygen atoms in total. The maximum atomic E-state index is 11.9. The Morgan fingerprint density at radius 2 is 2.33 bits per heavy atom. The van der Waals surface area contributed by atoms with E-state index in [9.17, 15) is 4.79 Å². The van der Waals surface area contributed by atoms with E-state index < -0.39 is 0 Å². The third-order valence-corrected chi connectivity index (χ3v) is 3.69. The van der Waals surface area contributed by atoms with Crippen molar-refractivity contribution in [1.82, 2.24) is 10.3 Å². The van der Waals surface area contributed by atoms with Crippen molar-refractivity contribution in [3.63, 3.8) is 0 Å². The van der Waals surface area contributed by atoms with Crippen LogP contribution < -0.4 is 11.1 Å². The maximum absolute atomic E-state index is 11.9. The zero-order chi connectivity index (χ0) is 13.0. The van der Waals surface area contributed by atoms with Gasteiger partial charge < -0.3 is 11.1 Å². The lowest BCUT2D eigenvalue weighted by molar-refractivity contribution is 0.0951. The highest BCUT2D eigenvalue weighted by Crippen LogP contribution is 2.15. The van der Waals surface area contributed by atoms with Gasteiger partial charge in [-0.1, -0.05) is 0 Å². The Morgan fingerprint density at radius 3 is 3.00 bits per heavy atom. The molecule has 0 bridgehead atoms. The molecule has 0 fully saturated rings. The van der Waals surface area contributed by atoms with Crippen molar-refractivity contribution in [3.8, 4) is 0 Å². The van der Waals surface area contributed by atoms with E-state index >= 15 is 0 Å². The smallest absolute Gasteiger partial charge is 0.251 e. The molecule has 0 unspecified atom stereocenters. The molecule has 2 aromatic rings. The Balaban J connectivity index is 2.01. The van der Waals surface area contributed by atoms with Gasteiger partial charge in [0, 0.05) is 23.2 Å². The predicted octanol–water partition coefficient (Wildman–Crippen LogP) is 1.84. The number of carbonyl (C=O) groups is 1. The van der Waals surface area contributed by atoms with Crippen molar-refractivity contribution in [1.29, 1.82) is 0 Å². The van der Waals surface area contributed by atoms with E-state index in [0.717, 1.165) is 5.69 Å². The SMILES string of the molecule is Cc1ccsc1CNC(=O)c1ccnc(CN)c1. The number of nitrogens with one attached hydrogen (secondary N) is 1. The minimum Gasteiger partial charge on any atom is -0.347 e. The van der Waals surface area contributed by atoms with Gasteiger partial charge in [0.25, 0.3) is 5.91 Å². The first kappa shape index (κ1) is 12.7. The molecule has 0 radical (unpaired) electrons. The number of pyridine rings is 1. The zero-order valence-corrected chi connectivity index (χ0v) is 11.0. The summed E-state index contributed by atoms with van der Waals surface area (Å²) in [7, 11) is 0. The number of nitrogens with two attached hydrogens (primary N) is 1. The fraction of sp³-hybridized carbons (Fsp3) is 0.231. The summed E-state index contributed by atoms with van der Waals surface area (Å²) in [6.07, 6.45) is 1.60. The predicted molar refractivity (Wildman–Crippen MR) is 72.4 cm³/mol. The topological polar surface area (TPSA) is 68.0 Å². The van der Waals surface area contributed by atoms with Crippen molar-refractivity contribution >= 4 is 17.2 Å². The van der Waals surface area contributed by atoms with Crippen molar-refractivity contribution in [3.05, 3.63) is 51.5 Å². The van der Waals surface area contributed by atoms with Crippen LogP contribution in [0.3, 0.4) is 0 Å². The lowest BCUT2D eigenvalue weighted by Gasteiger charge is -2.05. The third kappa shape index (κ3) is 2.94. The molecule has 0 spiro atoms. The fourth-order valence-corrected chi connectivity index (χ4v) is 2.42. The summed E-state index contributed by atoms with van der Waals surface area (Å²) < 4.78 is 0. The summed E-state index contributed by atoms with van der Waals surface area (Å²) in [5.41, 5.74) is 8.02. The first-order chi connectivity index (χ1) is 8.70. The van der Waals surface area contributed by atoms with E-state index in [1.807, 2.05) is 18.4 Å². The molecule has 2 rings (SSSR count). The first-order valence-electron chi connectivity index (χ1n) is 5.67. The molecule has 3 N–H and O–H groups in total. The van der Waals surface area contributed by atoms with Gasteiger partial charge in [-0.15, -0.1) is 11.3 Å². The lowest BCUT2D eigenvalue weighted by Crippen LogP contribution is -2.23. The molecule has 0 saturated carbocycles. The van der Waals surface area contributed by atoms with Gasteiger partial charge in [-0.3, -0.25) is 9.78 Å². The molecule has 0 saturated heterocycles. The molecule has 0 aliphatic heterocycles. The Morgan fingerprint density at radius 1 is 1.50 bits per heavy atom. The largest absolute Gasteiger partial charge is 0.347 e. The van der Waals surface area contributed by atoms with Crippen molar-refractivity contribution in [2.24, 2.45) is 5.73 Å². The van der Waals surface area contributed by atoms with Gasteiger partial charge in [0.15, 0.2) is 0 Å². The highest BCUT2D eigenvalue weighted by Gasteiger charge is 2.07. The highest BCUT2D eigenvalue weighted by molar-refractivity contribution is 7.10. The van der Waals surface area contributed by atoms with E-state index in [-0.39, 0.29) is 5.91 Å². The lowest BCUT2D eigenvalue weighted by atomic mass is 10.2. The minimum atomic E-state index is -0.0973. The van der Waals surface area contributed by atoms with Gasteiger partial charge in [-0.25, -0.2) is 0 Å². The van der Waals surface area contributed by atoms with E-state index in [1.54, 1.807) is 29.7 Å². The van der Waals surface area contributed by atoms with Crippen LogP contribution in [0, 0.1) is 6.92 Å². The van der Waals surface area contributed by atoms with Gasteiger partial charge in [0.1, 0.15) is 0 Å². The maximum Gasteiger partial charge on any atom is 0.251 e. The zero-order valence-electron chi connectivity index (χ0n) is 10.1. The number of carbonyl (C=O) groups excluding carboxylic acids is 1. The van der Waals surface area contributed by atoms with Crippen LogP contribution in [-0.2, 0) is 13.1 Å². The average molecular weight is 261 g/mol. The van der Waals surface area contributed by atoms with Crippen LogP contribution in [0.25, 0.3) is 0 Å². The molecule has 0 atom stereocenters. The number of nitrogens with zero attached hydrogens (tertiary/aromatic N) is 1. The van der Waals surface area contributed by atoms with Gasteiger partial charge in [-0.2, -0.15) is 0 Å². The quantitative estimate of drug-likeness (QED) is 0.882. The number of rotatable bonds is 4. The van der Waals surface area contributed by atoms with Crippen LogP contribution in [-0.4, -0.2) is 10.9 Å². The Bertz CT molecular complexity index is 551. The van der Waals surface area contributed by atoms with Crippen LogP contribution in [0.15, 0.2) is 29.8 Å². The fourth-order valence-electron chi connectivity index (χ4n) is 1.58. The number of hydrogen-bond donors (Lipinski definition) is 2. The van der Waals surface area contributed by atoms with Gasteiger partial charge in [-0.05, 0) is 36.1 Å². The normalized spacial score (nSPS) is 10.3. The number of hydrogen-bond acceptors (Lipinski definition) is 4. The molecule has 0 aliphatic carbocycles. The molecule has 2 heterocycles. The number of aromatic nitrogens is 1. The number of amides is 1. The minimum absolute atomic E-state index is 0.0973. The number of aryl methyl sites for hydroxylation is 1. The Hall–Kier alpha value is -1.72. The molecular formula is C13H15N3OS. The van der Waals surface area contributed by atoms with E-state index in [2.05, 4.69) is 10.3 Å². The number of thiophene rings is 1. The summed E-state index contributed by atoms with van der Waals surface area (Å²) in [6, 6.07) is 5.46. The second-order valence-corrected chi connectivity index (χ2v) is 4.95. The van der Waals surface area contributed by atoms with E-state index in [1.165, 1.54) is 10.4 Å². The van der Waals surface area contributed by atoms with Crippen molar-refractivity contribution < 1.29 is 4.79 Å². The van der Waals surface area contributed by atoms with Crippen LogP contribution in [0.5, 0.6) is 0 Å². The molecule has 2 aromatic heterocycles. The molecule has 0 aliphatic rings. The summed E-state index contributed by atoms with van der Waals surface area (Å²) in [4.78, 5) is 17.2. The van der Waals surface area contributed by atoms with Crippen LogP contribution in [0.1, 0.15) is 26.5 Å². The van der Waals surface area contributed by atoms with Crippen molar-refractivity contribution in [2.45, 2.75) is 20.0 Å². The monoisotopic (exact) mass is 261 g/mol. The Kier molecular flexibility index (Phi) is 4.07. The molecular weight excluding hydrogens is 246 g/mol. The summed E-state index contributed by atoms with van der Waals surface area (Å²) in [5, 5.41) is 4.92.